The van der Waals surface area contributed by atoms with Crippen molar-refractivity contribution in [1.82, 2.24) is 5.32 Å². The van der Waals surface area contributed by atoms with Crippen molar-refractivity contribution in [3.05, 3.63) is 34.3 Å². The fourth-order valence-corrected chi connectivity index (χ4v) is 2.13. The Morgan fingerprint density at radius 1 is 1.27 bits per heavy atom. The Labute approximate surface area is 101 Å². The summed E-state index contributed by atoms with van der Waals surface area (Å²) in [5, 5.41) is 3.42. The standard InChI is InChI=1S/C13H20BrN/c1-3-11(10-15-4-2)9-12-7-5-6-8-13(12)14/h5-8,11,15H,3-4,9-10H2,1-2H3. The number of nitrogens with one attached hydrogen (secondary N) is 1. The molecule has 1 N–H and O–H groups in total. The number of halogens is 1. The molecule has 84 valence electrons. The normalized spacial score (nSPS) is 12.7. The van der Waals surface area contributed by atoms with Crippen molar-refractivity contribution in [2.24, 2.45) is 5.92 Å². The molecule has 0 bridgehead atoms. The van der Waals surface area contributed by atoms with Crippen molar-refractivity contribution < 1.29 is 0 Å². The van der Waals surface area contributed by atoms with E-state index in [1.165, 1.54) is 16.5 Å². The van der Waals surface area contributed by atoms with Crippen molar-refractivity contribution in [1.29, 1.82) is 0 Å². The van der Waals surface area contributed by atoms with Crippen LogP contribution in [-0.4, -0.2) is 13.1 Å². The number of hydrogen-bond donors (Lipinski definition) is 1. The smallest absolute Gasteiger partial charge is 0.0207 e. The Bertz CT molecular complexity index is 286. The summed E-state index contributed by atoms with van der Waals surface area (Å²) in [6, 6.07) is 8.51. The second-order valence-electron chi connectivity index (χ2n) is 3.88. The van der Waals surface area contributed by atoms with Crippen LogP contribution >= 0.6 is 15.9 Å². The van der Waals surface area contributed by atoms with Crippen LogP contribution in [0, 0.1) is 5.92 Å². The van der Waals surface area contributed by atoms with Gasteiger partial charge in [0.25, 0.3) is 0 Å². The van der Waals surface area contributed by atoms with Gasteiger partial charge in [0.1, 0.15) is 0 Å². The zero-order valence-electron chi connectivity index (χ0n) is 9.59. The predicted octanol–water partition coefficient (Wildman–Crippen LogP) is 3.63. The van der Waals surface area contributed by atoms with Crippen LogP contribution in [0.15, 0.2) is 28.7 Å². The molecule has 2 heteroatoms. The summed E-state index contributed by atoms with van der Waals surface area (Å²) in [6.07, 6.45) is 2.39. The Kier molecular flexibility index (Phi) is 5.96. The van der Waals surface area contributed by atoms with E-state index in [1.54, 1.807) is 0 Å². The minimum absolute atomic E-state index is 0.739. The maximum Gasteiger partial charge on any atom is 0.0207 e. The average Bonchev–Trinajstić information content (AvgIpc) is 2.26. The number of benzene rings is 1. The molecule has 15 heavy (non-hydrogen) atoms. The second-order valence-corrected chi connectivity index (χ2v) is 4.73. The predicted molar refractivity (Wildman–Crippen MR) is 70.2 cm³/mol. The van der Waals surface area contributed by atoms with Gasteiger partial charge in [-0.05, 0) is 37.1 Å². The molecule has 0 spiro atoms. The third-order valence-electron chi connectivity index (χ3n) is 2.73. The monoisotopic (exact) mass is 269 g/mol. The largest absolute Gasteiger partial charge is 0.317 e. The van der Waals surface area contributed by atoms with Gasteiger partial charge >= 0.3 is 0 Å². The van der Waals surface area contributed by atoms with E-state index in [2.05, 4.69) is 59.4 Å². The van der Waals surface area contributed by atoms with Gasteiger partial charge < -0.3 is 5.32 Å². The fourth-order valence-electron chi connectivity index (χ4n) is 1.68. The topological polar surface area (TPSA) is 12.0 Å². The van der Waals surface area contributed by atoms with Crippen molar-refractivity contribution in [3.63, 3.8) is 0 Å². The maximum absolute atomic E-state index is 3.60. The highest BCUT2D eigenvalue weighted by Crippen LogP contribution is 2.20. The molecule has 0 saturated carbocycles. The van der Waals surface area contributed by atoms with Crippen LogP contribution in [0.3, 0.4) is 0 Å². The summed E-state index contributed by atoms with van der Waals surface area (Å²) in [7, 11) is 0. The maximum atomic E-state index is 3.60. The zero-order chi connectivity index (χ0) is 11.1. The zero-order valence-corrected chi connectivity index (χ0v) is 11.2. The van der Waals surface area contributed by atoms with Gasteiger partial charge in [0, 0.05) is 4.47 Å². The fraction of sp³-hybridized carbons (Fsp3) is 0.538. The van der Waals surface area contributed by atoms with Crippen LogP contribution in [0.1, 0.15) is 25.8 Å². The first-order chi connectivity index (χ1) is 7.27. The van der Waals surface area contributed by atoms with Gasteiger partial charge in [0.05, 0.1) is 0 Å². The van der Waals surface area contributed by atoms with Gasteiger partial charge in [-0.1, -0.05) is 54.4 Å². The van der Waals surface area contributed by atoms with Gasteiger partial charge in [-0.2, -0.15) is 0 Å². The van der Waals surface area contributed by atoms with Gasteiger partial charge in [-0.15, -0.1) is 0 Å². The first-order valence-electron chi connectivity index (χ1n) is 5.72. The molecule has 0 amide bonds. The van der Waals surface area contributed by atoms with Crippen LogP contribution < -0.4 is 5.32 Å². The van der Waals surface area contributed by atoms with Crippen molar-refractivity contribution >= 4 is 15.9 Å². The van der Waals surface area contributed by atoms with E-state index < -0.39 is 0 Å². The SMILES string of the molecule is CCNCC(CC)Cc1ccccc1Br. The number of rotatable bonds is 6. The van der Waals surface area contributed by atoms with Gasteiger partial charge in [-0.3, -0.25) is 0 Å². The Morgan fingerprint density at radius 3 is 2.60 bits per heavy atom. The molecule has 0 heterocycles. The van der Waals surface area contributed by atoms with Gasteiger partial charge in [-0.25, -0.2) is 0 Å². The van der Waals surface area contributed by atoms with Crippen molar-refractivity contribution in [2.45, 2.75) is 26.7 Å². The highest BCUT2D eigenvalue weighted by atomic mass is 79.9. The van der Waals surface area contributed by atoms with E-state index in [4.69, 9.17) is 0 Å². The lowest BCUT2D eigenvalue weighted by Crippen LogP contribution is -2.23. The lowest BCUT2D eigenvalue weighted by Gasteiger charge is -2.16. The minimum atomic E-state index is 0.739. The van der Waals surface area contributed by atoms with Crippen LogP contribution in [0.4, 0.5) is 0 Å². The Morgan fingerprint density at radius 2 is 2.00 bits per heavy atom. The summed E-state index contributed by atoms with van der Waals surface area (Å²) >= 11 is 3.60. The number of hydrogen-bond acceptors (Lipinski definition) is 1. The Hall–Kier alpha value is -0.340. The van der Waals surface area contributed by atoms with Crippen LogP contribution in [0.5, 0.6) is 0 Å². The molecule has 1 aromatic carbocycles. The third-order valence-corrected chi connectivity index (χ3v) is 3.50. The van der Waals surface area contributed by atoms with E-state index >= 15 is 0 Å². The first kappa shape index (κ1) is 12.7. The molecule has 1 nitrogen and oxygen atoms in total. The van der Waals surface area contributed by atoms with E-state index in [0.29, 0.717) is 0 Å². The van der Waals surface area contributed by atoms with Crippen molar-refractivity contribution in [2.75, 3.05) is 13.1 Å². The van der Waals surface area contributed by atoms with E-state index in [9.17, 15) is 0 Å². The lowest BCUT2D eigenvalue weighted by atomic mass is 9.97. The molecule has 1 rings (SSSR count). The molecule has 0 aliphatic rings. The van der Waals surface area contributed by atoms with Gasteiger partial charge in [0.2, 0.25) is 0 Å². The van der Waals surface area contributed by atoms with Crippen LogP contribution in [0.25, 0.3) is 0 Å². The van der Waals surface area contributed by atoms with Crippen molar-refractivity contribution in [3.8, 4) is 0 Å². The van der Waals surface area contributed by atoms with E-state index in [0.717, 1.165) is 25.4 Å². The van der Waals surface area contributed by atoms with Gasteiger partial charge in [0.15, 0.2) is 0 Å². The molecule has 0 saturated heterocycles. The quantitative estimate of drug-likeness (QED) is 0.832. The molecule has 1 unspecified atom stereocenters. The second kappa shape index (κ2) is 7.02. The van der Waals surface area contributed by atoms with E-state index in [-0.39, 0.29) is 0 Å². The Balaban J connectivity index is 2.54. The van der Waals surface area contributed by atoms with E-state index in [1.807, 2.05) is 0 Å². The third kappa shape index (κ3) is 4.35. The molecule has 0 fully saturated rings. The van der Waals surface area contributed by atoms with Crippen LogP contribution in [0.2, 0.25) is 0 Å². The highest BCUT2D eigenvalue weighted by molar-refractivity contribution is 9.10. The molecular formula is C13H20BrN. The summed E-state index contributed by atoms with van der Waals surface area (Å²) in [5.41, 5.74) is 1.42. The summed E-state index contributed by atoms with van der Waals surface area (Å²) in [6.45, 7) is 6.60. The summed E-state index contributed by atoms with van der Waals surface area (Å²) in [5.74, 6) is 0.739. The lowest BCUT2D eigenvalue weighted by molar-refractivity contribution is 0.466. The molecule has 0 radical (unpaired) electrons. The summed E-state index contributed by atoms with van der Waals surface area (Å²) < 4.78 is 1.24. The molecule has 0 aliphatic heterocycles. The molecular weight excluding hydrogens is 250 g/mol. The molecule has 0 aromatic heterocycles. The first-order valence-corrected chi connectivity index (χ1v) is 6.51. The molecule has 1 atom stereocenters. The molecule has 1 aromatic rings. The average molecular weight is 270 g/mol. The minimum Gasteiger partial charge on any atom is -0.317 e. The highest BCUT2D eigenvalue weighted by Gasteiger charge is 2.08. The summed E-state index contributed by atoms with van der Waals surface area (Å²) in [4.78, 5) is 0. The van der Waals surface area contributed by atoms with Crippen LogP contribution in [-0.2, 0) is 6.42 Å². The molecule has 0 aliphatic carbocycles.